The molecule has 1 aliphatic heterocycles. The molecule has 0 radical (unpaired) electrons. The van der Waals surface area contributed by atoms with Crippen molar-refractivity contribution in [3.8, 4) is 0 Å². The SMILES string of the molecule is Cc1ccc(C)c(C(C)NC2CCS(=O)(=O)CC2)c1. The molecule has 0 aromatic heterocycles. The van der Waals surface area contributed by atoms with E-state index in [1.807, 2.05) is 0 Å². The van der Waals surface area contributed by atoms with Gasteiger partial charge in [-0.3, -0.25) is 0 Å². The van der Waals surface area contributed by atoms with E-state index in [0.29, 0.717) is 17.5 Å². The van der Waals surface area contributed by atoms with Crippen LogP contribution in [-0.4, -0.2) is 26.0 Å². The van der Waals surface area contributed by atoms with Crippen LogP contribution >= 0.6 is 0 Å². The molecule has 1 saturated heterocycles. The second-order valence-corrected chi connectivity index (χ2v) is 7.98. The van der Waals surface area contributed by atoms with Crippen LogP contribution in [0, 0.1) is 13.8 Å². The van der Waals surface area contributed by atoms with E-state index in [-0.39, 0.29) is 6.04 Å². The maximum atomic E-state index is 11.4. The lowest BCUT2D eigenvalue weighted by Crippen LogP contribution is -2.38. The molecule has 4 heteroatoms. The summed E-state index contributed by atoms with van der Waals surface area (Å²) in [7, 11) is -2.77. The minimum absolute atomic E-state index is 0.269. The summed E-state index contributed by atoms with van der Waals surface area (Å²) in [6.45, 7) is 6.38. The molecule has 3 nitrogen and oxygen atoms in total. The van der Waals surface area contributed by atoms with Gasteiger partial charge in [0.1, 0.15) is 9.84 Å². The first-order valence-electron chi connectivity index (χ1n) is 6.91. The number of rotatable bonds is 3. The van der Waals surface area contributed by atoms with E-state index < -0.39 is 9.84 Å². The van der Waals surface area contributed by atoms with Crippen LogP contribution in [0.3, 0.4) is 0 Å². The fraction of sp³-hybridized carbons (Fsp3) is 0.600. The van der Waals surface area contributed by atoms with Gasteiger partial charge < -0.3 is 5.32 Å². The van der Waals surface area contributed by atoms with Crippen LogP contribution < -0.4 is 5.32 Å². The molecular weight excluding hydrogens is 258 g/mol. The van der Waals surface area contributed by atoms with Crippen molar-refractivity contribution >= 4 is 9.84 Å². The Kier molecular flexibility index (Phi) is 4.31. The first-order chi connectivity index (χ1) is 8.87. The van der Waals surface area contributed by atoms with Gasteiger partial charge >= 0.3 is 0 Å². The van der Waals surface area contributed by atoms with Crippen molar-refractivity contribution in [2.24, 2.45) is 0 Å². The molecular formula is C15H23NO2S. The van der Waals surface area contributed by atoms with Crippen molar-refractivity contribution in [2.75, 3.05) is 11.5 Å². The third-order valence-corrected chi connectivity index (χ3v) is 5.66. The molecule has 1 atom stereocenters. The third kappa shape index (κ3) is 3.80. The lowest BCUT2D eigenvalue weighted by Gasteiger charge is -2.27. The van der Waals surface area contributed by atoms with Crippen LogP contribution in [0.4, 0.5) is 0 Å². The molecule has 106 valence electrons. The molecule has 0 aliphatic carbocycles. The molecule has 0 bridgehead atoms. The highest BCUT2D eigenvalue weighted by atomic mass is 32.2. The Labute approximate surface area is 116 Å². The van der Waals surface area contributed by atoms with Gasteiger partial charge in [0.05, 0.1) is 11.5 Å². The van der Waals surface area contributed by atoms with Gasteiger partial charge in [0.25, 0.3) is 0 Å². The lowest BCUT2D eigenvalue weighted by atomic mass is 9.98. The Morgan fingerprint density at radius 3 is 2.47 bits per heavy atom. The van der Waals surface area contributed by atoms with Crippen LogP contribution in [0.25, 0.3) is 0 Å². The molecule has 0 amide bonds. The van der Waals surface area contributed by atoms with Gasteiger partial charge in [-0.25, -0.2) is 8.42 Å². The summed E-state index contributed by atoms with van der Waals surface area (Å²) >= 11 is 0. The second-order valence-electron chi connectivity index (χ2n) is 5.67. The first-order valence-corrected chi connectivity index (χ1v) is 8.73. The van der Waals surface area contributed by atoms with Crippen molar-refractivity contribution in [1.82, 2.24) is 5.32 Å². The highest BCUT2D eigenvalue weighted by Crippen LogP contribution is 2.22. The van der Waals surface area contributed by atoms with Gasteiger partial charge in [-0.15, -0.1) is 0 Å². The van der Waals surface area contributed by atoms with E-state index in [1.165, 1.54) is 16.7 Å². The maximum Gasteiger partial charge on any atom is 0.150 e. The largest absolute Gasteiger partial charge is 0.307 e. The molecule has 1 aromatic carbocycles. The number of aryl methyl sites for hydroxylation is 2. The minimum atomic E-state index is -2.77. The van der Waals surface area contributed by atoms with E-state index in [0.717, 1.165) is 12.8 Å². The number of hydrogen-bond acceptors (Lipinski definition) is 3. The Hall–Kier alpha value is -0.870. The molecule has 1 heterocycles. The fourth-order valence-corrected chi connectivity index (χ4v) is 4.22. The molecule has 0 spiro atoms. The summed E-state index contributed by atoms with van der Waals surface area (Å²) in [5.74, 6) is 0.647. The van der Waals surface area contributed by atoms with Crippen molar-refractivity contribution in [2.45, 2.75) is 45.7 Å². The van der Waals surface area contributed by atoms with Gasteiger partial charge in [-0.05, 0) is 44.7 Å². The number of benzene rings is 1. The molecule has 1 aliphatic rings. The van der Waals surface area contributed by atoms with Gasteiger partial charge in [-0.2, -0.15) is 0 Å². The summed E-state index contributed by atoms with van der Waals surface area (Å²) in [6.07, 6.45) is 1.47. The Morgan fingerprint density at radius 1 is 1.21 bits per heavy atom. The summed E-state index contributed by atoms with van der Waals surface area (Å²) in [6, 6.07) is 7.07. The second kappa shape index (κ2) is 5.63. The van der Waals surface area contributed by atoms with E-state index in [2.05, 4.69) is 44.3 Å². The molecule has 1 aromatic rings. The van der Waals surface area contributed by atoms with Gasteiger partial charge in [-0.1, -0.05) is 23.8 Å². The summed E-state index contributed by atoms with van der Waals surface area (Å²) in [4.78, 5) is 0. The fourth-order valence-electron chi connectivity index (χ4n) is 2.73. The molecule has 1 fully saturated rings. The zero-order valence-corrected chi connectivity index (χ0v) is 12.8. The monoisotopic (exact) mass is 281 g/mol. The van der Waals surface area contributed by atoms with Crippen LogP contribution in [0.1, 0.15) is 42.5 Å². The van der Waals surface area contributed by atoms with Crippen molar-refractivity contribution in [3.05, 3.63) is 34.9 Å². The summed E-state index contributed by atoms with van der Waals surface area (Å²) in [5.41, 5.74) is 3.86. The van der Waals surface area contributed by atoms with E-state index in [4.69, 9.17) is 0 Å². The quantitative estimate of drug-likeness (QED) is 0.926. The van der Waals surface area contributed by atoms with Crippen LogP contribution in [0.15, 0.2) is 18.2 Å². The predicted octanol–water partition coefficient (Wildman–Crippen LogP) is 2.53. The average molecular weight is 281 g/mol. The zero-order chi connectivity index (χ0) is 14.0. The topological polar surface area (TPSA) is 46.2 Å². The third-order valence-electron chi connectivity index (χ3n) is 3.94. The highest BCUT2D eigenvalue weighted by Gasteiger charge is 2.24. The normalized spacial score (nSPS) is 21.2. The molecule has 2 rings (SSSR count). The summed E-state index contributed by atoms with van der Waals surface area (Å²) in [5, 5.41) is 3.58. The minimum Gasteiger partial charge on any atom is -0.307 e. The van der Waals surface area contributed by atoms with Crippen LogP contribution in [0.2, 0.25) is 0 Å². The van der Waals surface area contributed by atoms with Gasteiger partial charge in [0.15, 0.2) is 0 Å². The van der Waals surface area contributed by atoms with Crippen molar-refractivity contribution in [3.63, 3.8) is 0 Å². The standard InChI is InChI=1S/C15H23NO2S/c1-11-4-5-12(2)15(10-11)13(3)16-14-6-8-19(17,18)9-7-14/h4-5,10,13-14,16H,6-9H2,1-3H3. The lowest BCUT2D eigenvalue weighted by molar-refractivity contribution is 0.419. The highest BCUT2D eigenvalue weighted by molar-refractivity contribution is 7.91. The van der Waals surface area contributed by atoms with Crippen LogP contribution in [-0.2, 0) is 9.84 Å². The predicted molar refractivity (Wildman–Crippen MR) is 79.1 cm³/mol. The Balaban J connectivity index is 2.01. The molecule has 19 heavy (non-hydrogen) atoms. The number of nitrogens with one attached hydrogen (secondary N) is 1. The Morgan fingerprint density at radius 2 is 1.84 bits per heavy atom. The molecule has 1 N–H and O–H groups in total. The van der Waals surface area contributed by atoms with Crippen molar-refractivity contribution in [1.29, 1.82) is 0 Å². The Bertz CT molecular complexity index is 537. The molecule has 1 unspecified atom stereocenters. The van der Waals surface area contributed by atoms with Gasteiger partial charge in [0.2, 0.25) is 0 Å². The maximum absolute atomic E-state index is 11.4. The zero-order valence-electron chi connectivity index (χ0n) is 11.9. The number of sulfone groups is 1. The summed E-state index contributed by atoms with van der Waals surface area (Å²) < 4.78 is 22.8. The van der Waals surface area contributed by atoms with Crippen LogP contribution in [0.5, 0.6) is 0 Å². The number of hydrogen-bond donors (Lipinski definition) is 1. The van der Waals surface area contributed by atoms with Gasteiger partial charge in [0, 0.05) is 12.1 Å². The molecule has 0 saturated carbocycles. The van der Waals surface area contributed by atoms with E-state index in [1.54, 1.807) is 0 Å². The van der Waals surface area contributed by atoms with E-state index >= 15 is 0 Å². The van der Waals surface area contributed by atoms with E-state index in [9.17, 15) is 8.42 Å². The van der Waals surface area contributed by atoms with Crippen molar-refractivity contribution < 1.29 is 8.42 Å². The smallest absolute Gasteiger partial charge is 0.150 e. The average Bonchev–Trinajstić information content (AvgIpc) is 2.35. The first kappa shape index (κ1) is 14.5.